The molecule has 2 aromatic carbocycles. The van der Waals surface area contributed by atoms with Gasteiger partial charge in [-0.25, -0.2) is 0 Å². The third kappa shape index (κ3) is 3.35. The molecule has 3 aromatic rings. The number of aryl methyl sites for hydroxylation is 1. The summed E-state index contributed by atoms with van der Waals surface area (Å²) in [4.78, 5) is 4.21. The molecular formula is C16H15N5O. The average Bonchev–Trinajstić information content (AvgIpc) is 2.95. The van der Waals surface area contributed by atoms with Crippen LogP contribution in [0, 0.1) is 6.92 Å². The Hall–Kier alpha value is -3.02. The fourth-order valence-electron chi connectivity index (χ4n) is 1.81. The molecule has 1 aromatic heterocycles. The molecule has 1 N–H and O–H groups in total. The van der Waals surface area contributed by atoms with Crippen molar-refractivity contribution in [2.24, 2.45) is 15.3 Å². The van der Waals surface area contributed by atoms with E-state index >= 15 is 0 Å². The molecule has 0 unspecified atom stereocenters. The first-order chi connectivity index (χ1) is 10.7. The zero-order valence-corrected chi connectivity index (χ0v) is 12.3. The number of fused-ring (bicyclic) bond motifs is 1. The maximum atomic E-state index is 5.45. The Morgan fingerprint density at radius 3 is 2.64 bits per heavy atom. The smallest absolute Gasteiger partial charge is 0.342 e. The molecule has 0 saturated carbocycles. The molecule has 0 bridgehead atoms. The molecule has 0 atom stereocenters. The Labute approximate surface area is 127 Å². The van der Waals surface area contributed by atoms with Gasteiger partial charge in [0, 0.05) is 0 Å². The van der Waals surface area contributed by atoms with Crippen molar-refractivity contribution in [3.63, 3.8) is 0 Å². The van der Waals surface area contributed by atoms with Crippen LogP contribution in [0.3, 0.4) is 0 Å². The van der Waals surface area contributed by atoms with Crippen LogP contribution in [0.1, 0.15) is 12.5 Å². The van der Waals surface area contributed by atoms with Gasteiger partial charge in [0.25, 0.3) is 0 Å². The number of hydrazone groups is 1. The van der Waals surface area contributed by atoms with Gasteiger partial charge < -0.3 is 4.42 Å². The highest BCUT2D eigenvalue weighted by atomic mass is 16.4. The lowest BCUT2D eigenvalue weighted by Gasteiger charge is -2.00. The van der Waals surface area contributed by atoms with E-state index in [0.717, 1.165) is 11.2 Å². The maximum absolute atomic E-state index is 5.45. The van der Waals surface area contributed by atoms with Gasteiger partial charge in [0.15, 0.2) is 11.4 Å². The van der Waals surface area contributed by atoms with E-state index < -0.39 is 0 Å². The topological polar surface area (TPSA) is 75.1 Å². The van der Waals surface area contributed by atoms with Crippen molar-refractivity contribution in [3.05, 3.63) is 54.1 Å². The summed E-state index contributed by atoms with van der Waals surface area (Å²) in [7, 11) is 0. The normalized spacial score (nSPS) is 12.2. The summed E-state index contributed by atoms with van der Waals surface area (Å²) in [6, 6.07) is 15.6. The first kappa shape index (κ1) is 13.9. The zero-order valence-electron chi connectivity index (χ0n) is 12.3. The minimum atomic E-state index is 0.214. The second-order valence-corrected chi connectivity index (χ2v) is 4.80. The van der Waals surface area contributed by atoms with E-state index in [4.69, 9.17) is 4.42 Å². The van der Waals surface area contributed by atoms with Gasteiger partial charge in [-0.3, -0.25) is 5.43 Å². The van der Waals surface area contributed by atoms with Crippen molar-refractivity contribution in [1.29, 1.82) is 0 Å². The highest BCUT2D eigenvalue weighted by Crippen LogP contribution is 2.20. The number of amidine groups is 1. The Morgan fingerprint density at radius 2 is 1.86 bits per heavy atom. The van der Waals surface area contributed by atoms with E-state index in [1.54, 1.807) is 6.92 Å². The largest absolute Gasteiger partial charge is 0.421 e. The zero-order chi connectivity index (χ0) is 15.4. The van der Waals surface area contributed by atoms with E-state index in [0.29, 0.717) is 11.4 Å². The molecule has 0 aliphatic heterocycles. The number of hydrogen-bond donors (Lipinski definition) is 1. The van der Waals surface area contributed by atoms with Gasteiger partial charge in [-0.1, -0.05) is 34.9 Å². The predicted octanol–water partition coefficient (Wildman–Crippen LogP) is 4.67. The van der Waals surface area contributed by atoms with Crippen LogP contribution in [0.5, 0.6) is 0 Å². The summed E-state index contributed by atoms with van der Waals surface area (Å²) in [6.45, 7) is 3.78. The number of para-hydroxylation sites is 2. The number of aromatic nitrogens is 1. The monoisotopic (exact) mass is 293 g/mol. The second-order valence-electron chi connectivity index (χ2n) is 4.80. The van der Waals surface area contributed by atoms with Crippen molar-refractivity contribution in [2.75, 3.05) is 5.43 Å². The van der Waals surface area contributed by atoms with Crippen molar-refractivity contribution < 1.29 is 4.42 Å². The molecule has 22 heavy (non-hydrogen) atoms. The quantitative estimate of drug-likeness (QED) is 0.330. The second kappa shape index (κ2) is 6.17. The van der Waals surface area contributed by atoms with Crippen LogP contribution < -0.4 is 5.43 Å². The molecule has 6 heteroatoms. The number of nitrogens with one attached hydrogen (secondary N) is 1. The van der Waals surface area contributed by atoms with Gasteiger partial charge >= 0.3 is 6.01 Å². The van der Waals surface area contributed by atoms with Crippen molar-refractivity contribution in [3.8, 4) is 0 Å². The Bertz CT molecular complexity index is 800. The van der Waals surface area contributed by atoms with E-state index in [9.17, 15) is 0 Å². The number of nitrogens with zero attached hydrogens (tertiary/aromatic N) is 4. The highest BCUT2D eigenvalue weighted by Gasteiger charge is 2.02. The van der Waals surface area contributed by atoms with Gasteiger partial charge in [0.2, 0.25) is 0 Å². The van der Waals surface area contributed by atoms with Crippen LogP contribution in [0.15, 0.2) is 68.3 Å². The van der Waals surface area contributed by atoms with Gasteiger partial charge in [-0.2, -0.15) is 10.1 Å². The fourth-order valence-corrected chi connectivity index (χ4v) is 1.81. The third-order valence-corrected chi connectivity index (χ3v) is 2.96. The highest BCUT2D eigenvalue weighted by molar-refractivity contribution is 5.81. The average molecular weight is 293 g/mol. The molecule has 0 radical (unpaired) electrons. The molecular weight excluding hydrogens is 278 g/mol. The fraction of sp³-hybridized carbons (Fsp3) is 0.125. The predicted molar refractivity (Wildman–Crippen MR) is 86.4 cm³/mol. The van der Waals surface area contributed by atoms with Crippen molar-refractivity contribution >= 4 is 28.6 Å². The third-order valence-electron chi connectivity index (χ3n) is 2.96. The lowest BCUT2D eigenvalue weighted by atomic mass is 10.2. The van der Waals surface area contributed by atoms with Crippen LogP contribution in [-0.2, 0) is 0 Å². The minimum Gasteiger partial charge on any atom is -0.421 e. The summed E-state index contributed by atoms with van der Waals surface area (Å²) >= 11 is 0. The number of benzene rings is 2. The first-order valence-electron chi connectivity index (χ1n) is 6.85. The molecule has 0 aliphatic rings. The van der Waals surface area contributed by atoms with E-state index in [-0.39, 0.29) is 6.01 Å². The van der Waals surface area contributed by atoms with Gasteiger partial charge in [0.05, 0.1) is 5.69 Å². The molecule has 0 spiro atoms. The number of hydrogen-bond acceptors (Lipinski definition) is 5. The number of anilines is 1. The molecule has 0 aliphatic carbocycles. The molecule has 3 rings (SSSR count). The number of rotatable bonds is 3. The Morgan fingerprint density at radius 1 is 1.09 bits per heavy atom. The summed E-state index contributed by atoms with van der Waals surface area (Å²) in [6.07, 6.45) is 0. The molecule has 1 heterocycles. The Balaban J connectivity index is 1.68. The standard InChI is InChI=1S/C16H15N5O/c1-11-7-9-13(10-8-11)20-18-12(2)19-21-16-17-14-5-3-4-6-15(14)22-16/h3-10,20H,1-2H3. The number of oxazole rings is 1. The summed E-state index contributed by atoms with van der Waals surface area (Å²) < 4.78 is 5.45. The lowest BCUT2D eigenvalue weighted by Crippen LogP contribution is -1.93. The van der Waals surface area contributed by atoms with Gasteiger partial charge in [-0.15, -0.1) is 5.11 Å². The summed E-state index contributed by atoms with van der Waals surface area (Å²) in [5, 5.41) is 12.1. The SMILES string of the molecule is CC(N=Nc1nc2ccccc2o1)=NNc1ccc(C)cc1. The van der Waals surface area contributed by atoms with Crippen LogP contribution in [-0.4, -0.2) is 10.8 Å². The molecule has 0 fully saturated rings. The lowest BCUT2D eigenvalue weighted by molar-refractivity contribution is 0.607. The van der Waals surface area contributed by atoms with Crippen LogP contribution in [0.25, 0.3) is 11.1 Å². The van der Waals surface area contributed by atoms with Crippen LogP contribution in [0.4, 0.5) is 11.7 Å². The van der Waals surface area contributed by atoms with Crippen LogP contribution in [0.2, 0.25) is 0 Å². The first-order valence-corrected chi connectivity index (χ1v) is 6.85. The molecule has 6 nitrogen and oxygen atoms in total. The number of azo groups is 1. The minimum absolute atomic E-state index is 0.214. The Kier molecular flexibility index (Phi) is 3.91. The van der Waals surface area contributed by atoms with E-state index in [1.807, 2.05) is 55.5 Å². The van der Waals surface area contributed by atoms with E-state index in [1.165, 1.54) is 5.56 Å². The van der Waals surface area contributed by atoms with Crippen LogP contribution >= 0.6 is 0 Å². The molecule has 110 valence electrons. The maximum Gasteiger partial charge on any atom is 0.342 e. The summed E-state index contributed by atoms with van der Waals surface area (Å²) in [5.41, 5.74) is 6.44. The molecule has 0 amide bonds. The molecule has 0 saturated heterocycles. The van der Waals surface area contributed by atoms with Gasteiger partial charge in [0.1, 0.15) is 5.52 Å². The van der Waals surface area contributed by atoms with Crippen molar-refractivity contribution in [2.45, 2.75) is 13.8 Å². The van der Waals surface area contributed by atoms with Gasteiger partial charge in [-0.05, 0) is 38.1 Å². The summed E-state index contributed by atoms with van der Waals surface area (Å²) in [5.74, 6) is 0.475. The van der Waals surface area contributed by atoms with E-state index in [2.05, 4.69) is 25.7 Å². The van der Waals surface area contributed by atoms with Crippen molar-refractivity contribution in [1.82, 2.24) is 4.98 Å².